The summed E-state index contributed by atoms with van der Waals surface area (Å²) in [6.07, 6.45) is 0. The van der Waals surface area contributed by atoms with Gasteiger partial charge in [-0.05, 0) is 94.0 Å². The molecule has 0 fully saturated rings. The van der Waals surface area contributed by atoms with Crippen LogP contribution in [0.15, 0.2) is 231 Å². The molecule has 0 unspecified atom stereocenters. The summed E-state index contributed by atoms with van der Waals surface area (Å²) < 4.78 is 9.54. The molecule has 4 aromatic heterocycles. The lowest BCUT2D eigenvalue weighted by Gasteiger charge is -2.26. The molecule has 11 aromatic carbocycles. The van der Waals surface area contributed by atoms with Gasteiger partial charge >= 0.3 is 0 Å². The molecule has 15 rings (SSSR count). The molecule has 74 heavy (non-hydrogen) atoms. The fourth-order valence-corrected chi connectivity index (χ4v) is 14.2. The van der Waals surface area contributed by atoms with Gasteiger partial charge in [0.2, 0.25) is 0 Å². The molecule has 0 saturated heterocycles. The standard InChI is InChI=1S/C68H38N4S2/c69-39-51-61(45-23-15-21-43(37-45)41-17-3-1-4-18-41)52(40-70)68(72-54-30-12-8-26-48(54)64-56(72)34-36-60-66(64)50-28-10-14-32-58(50)74-60)62(46-24-16-22-44(38-46)42-19-5-2-6-20-42)67(51)71-53-29-11-7-25-47(53)63-55(71)33-35-59-65(63)49-27-9-13-31-57(49)73-59/h1-38H. The van der Waals surface area contributed by atoms with Crippen LogP contribution in [0.3, 0.4) is 0 Å². The smallest absolute Gasteiger partial charge is 0.102 e. The van der Waals surface area contributed by atoms with Crippen molar-refractivity contribution in [1.29, 1.82) is 10.5 Å². The third-order valence-electron chi connectivity index (χ3n) is 15.0. The predicted molar refractivity (Wildman–Crippen MR) is 312 cm³/mol. The van der Waals surface area contributed by atoms with Crippen molar-refractivity contribution < 1.29 is 0 Å². The average molecular weight is 975 g/mol. The number of hydrogen-bond acceptors (Lipinski definition) is 4. The van der Waals surface area contributed by atoms with E-state index in [4.69, 9.17) is 0 Å². The van der Waals surface area contributed by atoms with Gasteiger partial charge in [0, 0.05) is 73.0 Å². The zero-order chi connectivity index (χ0) is 49.0. The van der Waals surface area contributed by atoms with Crippen LogP contribution < -0.4 is 0 Å². The van der Waals surface area contributed by atoms with E-state index in [2.05, 4.69) is 221 Å². The number of benzene rings is 11. The SMILES string of the molecule is N#Cc1c(-c2cccc(-c3ccccc3)c2)c(C#N)c(-n2c3ccccc3c3c4c(ccc32)sc2ccccc24)c(-c2cccc(-c3ccccc3)c2)c1-n1c2ccccc2c2c3c(ccc21)sc1ccccc13. The normalized spacial score (nSPS) is 11.8. The molecule has 15 aromatic rings. The fraction of sp³-hybridized carbons (Fsp3) is 0. The summed E-state index contributed by atoms with van der Waals surface area (Å²) in [6.45, 7) is 0. The van der Waals surface area contributed by atoms with E-state index in [-0.39, 0.29) is 0 Å². The van der Waals surface area contributed by atoms with Crippen LogP contribution in [0.4, 0.5) is 0 Å². The monoisotopic (exact) mass is 974 g/mol. The summed E-state index contributed by atoms with van der Waals surface area (Å²) in [7, 11) is 0. The Hall–Kier alpha value is -9.56. The van der Waals surface area contributed by atoms with E-state index in [0.29, 0.717) is 28.1 Å². The van der Waals surface area contributed by atoms with Crippen molar-refractivity contribution in [1.82, 2.24) is 9.13 Å². The van der Waals surface area contributed by atoms with Gasteiger partial charge in [0.1, 0.15) is 12.1 Å². The van der Waals surface area contributed by atoms with Crippen LogP contribution in [0, 0.1) is 22.7 Å². The molecule has 0 N–H and O–H groups in total. The first-order valence-electron chi connectivity index (χ1n) is 24.7. The molecule has 6 heteroatoms. The number of rotatable bonds is 6. The highest BCUT2D eigenvalue weighted by Crippen LogP contribution is 2.52. The zero-order valence-electron chi connectivity index (χ0n) is 39.5. The molecule has 0 bridgehead atoms. The van der Waals surface area contributed by atoms with E-state index in [1.165, 1.54) is 40.3 Å². The molecule has 0 spiro atoms. The van der Waals surface area contributed by atoms with Gasteiger partial charge in [-0.15, -0.1) is 22.7 Å². The van der Waals surface area contributed by atoms with Crippen LogP contribution in [0.2, 0.25) is 0 Å². The fourth-order valence-electron chi connectivity index (χ4n) is 12.0. The lowest BCUT2D eigenvalue weighted by molar-refractivity contribution is 1.12. The van der Waals surface area contributed by atoms with Crippen LogP contribution in [0.1, 0.15) is 11.1 Å². The quantitative estimate of drug-likeness (QED) is 0.167. The maximum atomic E-state index is 12.3. The van der Waals surface area contributed by atoms with Crippen molar-refractivity contribution in [3.8, 4) is 68.0 Å². The van der Waals surface area contributed by atoms with Gasteiger partial charge in [-0.2, -0.15) is 10.5 Å². The minimum atomic E-state index is 0.417. The van der Waals surface area contributed by atoms with Gasteiger partial charge in [-0.1, -0.05) is 170 Å². The number of nitrogens with zero attached hydrogens (tertiary/aromatic N) is 4. The average Bonchev–Trinajstić information content (AvgIpc) is 4.24. The second-order valence-electron chi connectivity index (χ2n) is 18.9. The van der Waals surface area contributed by atoms with Crippen LogP contribution >= 0.6 is 22.7 Å². The molecule has 342 valence electrons. The third-order valence-corrected chi connectivity index (χ3v) is 17.3. The van der Waals surface area contributed by atoms with E-state index >= 15 is 0 Å². The van der Waals surface area contributed by atoms with Gasteiger partial charge in [0.15, 0.2) is 0 Å². The van der Waals surface area contributed by atoms with Crippen molar-refractivity contribution in [2.24, 2.45) is 0 Å². The Morgan fingerprint density at radius 1 is 0.284 bits per heavy atom. The Morgan fingerprint density at radius 3 is 1.12 bits per heavy atom. The highest BCUT2D eigenvalue weighted by molar-refractivity contribution is 7.26. The molecule has 0 radical (unpaired) electrons. The Bertz CT molecular complexity index is 4690. The van der Waals surface area contributed by atoms with Crippen LogP contribution in [-0.4, -0.2) is 9.13 Å². The summed E-state index contributed by atoms with van der Waals surface area (Å²) in [4.78, 5) is 0. The van der Waals surface area contributed by atoms with Crippen molar-refractivity contribution in [2.75, 3.05) is 0 Å². The number of hydrogen-bond donors (Lipinski definition) is 0. The molecular weight excluding hydrogens is 937 g/mol. The third kappa shape index (κ3) is 6.11. The second kappa shape index (κ2) is 16.5. The van der Waals surface area contributed by atoms with Crippen LogP contribution in [0.25, 0.3) is 140 Å². The Morgan fingerprint density at radius 2 is 0.662 bits per heavy atom. The minimum absolute atomic E-state index is 0.417. The topological polar surface area (TPSA) is 57.4 Å². The van der Waals surface area contributed by atoms with Crippen molar-refractivity contribution in [2.45, 2.75) is 0 Å². The van der Waals surface area contributed by atoms with E-state index < -0.39 is 0 Å². The summed E-state index contributed by atoms with van der Waals surface area (Å²) in [6, 6.07) is 87.1. The maximum Gasteiger partial charge on any atom is 0.102 e. The van der Waals surface area contributed by atoms with Gasteiger partial charge in [-0.25, -0.2) is 0 Å². The predicted octanol–water partition coefficient (Wildman–Crippen LogP) is 19.0. The summed E-state index contributed by atoms with van der Waals surface area (Å²) in [5.41, 5.74) is 13.3. The number of thiophene rings is 2. The first-order chi connectivity index (χ1) is 36.7. The number of nitriles is 2. The first kappa shape index (κ1) is 42.2. The zero-order valence-corrected chi connectivity index (χ0v) is 41.2. The molecule has 0 aliphatic rings. The van der Waals surface area contributed by atoms with E-state index in [0.717, 1.165) is 82.6 Å². The summed E-state index contributed by atoms with van der Waals surface area (Å²) >= 11 is 3.61. The lowest BCUT2D eigenvalue weighted by atomic mass is 9.85. The number of para-hydroxylation sites is 2. The molecule has 0 amide bonds. The summed E-state index contributed by atoms with van der Waals surface area (Å²) in [5, 5.41) is 33.8. The maximum absolute atomic E-state index is 12.3. The molecular formula is C68H38N4S2. The van der Waals surface area contributed by atoms with E-state index in [9.17, 15) is 10.5 Å². The van der Waals surface area contributed by atoms with E-state index in [1.54, 1.807) is 22.7 Å². The van der Waals surface area contributed by atoms with Crippen LogP contribution in [0.5, 0.6) is 0 Å². The Balaban J connectivity index is 1.20. The van der Waals surface area contributed by atoms with E-state index in [1.807, 2.05) is 30.3 Å². The summed E-state index contributed by atoms with van der Waals surface area (Å²) in [5.74, 6) is 0. The molecule has 0 aliphatic carbocycles. The molecule has 4 heterocycles. The van der Waals surface area contributed by atoms with Gasteiger partial charge in [0.05, 0.1) is 44.6 Å². The molecule has 0 saturated carbocycles. The van der Waals surface area contributed by atoms with Crippen LogP contribution in [-0.2, 0) is 0 Å². The highest BCUT2D eigenvalue weighted by atomic mass is 32.1. The molecule has 0 aliphatic heterocycles. The second-order valence-corrected chi connectivity index (χ2v) is 21.0. The van der Waals surface area contributed by atoms with Crippen molar-refractivity contribution in [3.63, 3.8) is 0 Å². The molecule has 0 atom stereocenters. The number of aromatic nitrogens is 2. The van der Waals surface area contributed by atoms with Gasteiger partial charge in [0.25, 0.3) is 0 Å². The minimum Gasteiger partial charge on any atom is -0.307 e. The highest BCUT2D eigenvalue weighted by Gasteiger charge is 2.33. The molecule has 4 nitrogen and oxygen atoms in total. The van der Waals surface area contributed by atoms with Crippen molar-refractivity contribution >= 4 is 107 Å². The van der Waals surface area contributed by atoms with Gasteiger partial charge in [-0.3, -0.25) is 0 Å². The lowest BCUT2D eigenvalue weighted by Crippen LogP contribution is -2.11. The number of fused-ring (bicyclic) bond motifs is 14. The first-order valence-corrected chi connectivity index (χ1v) is 26.3. The largest absolute Gasteiger partial charge is 0.307 e. The Labute approximate surface area is 433 Å². The van der Waals surface area contributed by atoms with Gasteiger partial charge < -0.3 is 9.13 Å². The Kier molecular flexibility index (Phi) is 9.40. The van der Waals surface area contributed by atoms with Crippen molar-refractivity contribution in [3.05, 3.63) is 242 Å².